The van der Waals surface area contributed by atoms with Crippen molar-refractivity contribution in [2.24, 2.45) is 0 Å². The number of carbonyl (C=O) groups excluding carboxylic acids is 1. The molecule has 7 heteroatoms. The third kappa shape index (κ3) is 7.30. The van der Waals surface area contributed by atoms with Crippen LogP contribution < -0.4 is 4.72 Å². The lowest BCUT2D eigenvalue weighted by Crippen LogP contribution is -2.49. The van der Waals surface area contributed by atoms with Gasteiger partial charge in [0.2, 0.25) is 15.9 Å². The second-order valence-electron chi connectivity index (χ2n) is 10.5. The van der Waals surface area contributed by atoms with E-state index in [1.54, 1.807) is 24.3 Å². The molecule has 41 heavy (non-hydrogen) atoms. The zero-order valence-electron chi connectivity index (χ0n) is 23.4. The van der Waals surface area contributed by atoms with Crippen molar-refractivity contribution < 1.29 is 13.2 Å². The van der Waals surface area contributed by atoms with Gasteiger partial charge in [-0.3, -0.25) is 9.69 Å². The van der Waals surface area contributed by atoms with Gasteiger partial charge in [-0.05, 0) is 47.7 Å². The maximum absolute atomic E-state index is 13.1. The Kier molecular flexibility index (Phi) is 9.29. The molecular weight excluding hydrogens is 530 g/mol. The smallest absolute Gasteiger partial charge is 0.241 e. The second-order valence-corrected chi connectivity index (χ2v) is 12.3. The molecular formula is C34H37N3O3S. The molecule has 1 aliphatic rings. The summed E-state index contributed by atoms with van der Waals surface area (Å²) in [5.74, 6) is 0.135. The number of carbonyl (C=O) groups is 1. The van der Waals surface area contributed by atoms with E-state index in [1.807, 2.05) is 54.3 Å². The summed E-state index contributed by atoms with van der Waals surface area (Å²) in [5, 5.41) is 0. The Hall–Kier alpha value is -3.78. The average molecular weight is 568 g/mol. The summed E-state index contributed by atoms with van der Waals surface area (Å²) < 4.78 is 28.5. The molecule has 5 rings (SSSR count). The van der Waals surface area contributed by atoms with E-state index in [-0.39, 0.29) is 22.9 Å². The van der Waals surface area contributed by atoms with Gasteiger partial charge in [0.25, 0.3) is 0 Å². The molecule has 0 saturated carbocycles. The highest BCUT2D eigenvalue weighted by atomic mass is 32.2. The van der Waals surface area contributed by atoms with Gasteiger partial charge in [0.15, 0.2) is 0 Å². The molecule has 0 aliphatic carbocycles. The van der Waals surface area contributed by atoms with E-state index in [4.69, 9.17) is 0 Å². The number of benzene rings is 4. The van der Waals surface area contributed by atoms with Crippen molar-refractivity contribution in [2.75, 3.05) is 26.2 Å². The van der Waals surface area contributed by atoms with Crippen molar-refractivity contribution in [1.29, 1.82) is 0 Å². The van der Waals surface area contributed by atoms with Crippen LogP contribution >= 0.6 is 0 Å². The summed E-state index contributed by atoms with van der Waals surface area (Å²) in [6.45, 7) is 4.83. The van der Waals surface area contributed by atoms with E-state index in [1.165, 1.54) is 11.1 Å². The van der Waals surface area contributed by atoms with Crippen molar-refractivity contribution in [3.63, 3.8) is 0 Å². The summed E-state index contributed by atoms with van der Waals surface area (Å²) in [7, 11) is -3.66. The van der Waals surface area contributed by atoms with Gasteiger partial charge in [0, 0.05) is 38.6 Å². The van der Waals surface area contributed by atoms with E-state index in [2.05, 4.69) is 58.2 Å². The van der Waals surface area contributed by atoms with Crippen LogP contribution in [-0.4, -0.2) is 50.3 Å². The van der Waals surface area contributed by atoms with E-state index < -0.39 is 10.0 Å². The third-order valence-electron chi connectivity index (χ3n) is 7.76. The van der Waals surface area contributed by atoms with E-state index in [9.17, 15) is 13.2 Å². The highest BCUT2D eigenvalue weighted by molar-refractivity contribution is 7.89. The minimum atomic E-state index is -3.66. The van der Waals surface area contributed by atoms with Crippen LogP contribution in [0.15, 0.2) is 120 Å². The number of sulfonamides is 1. The summed E-state index contributed by atoms with van der Waals surface area (Å²) in [5.41, 5.74) is 4.37. The van der Waals surface area contributed by atoms with Crippen molar-refractivity contribution >= 4 is 15.9 Å². The number of nitrogens with zero attached hydrogens (tertiary/aromatic N) is 2. The molecule has 212 valence electrons. The molecule has 0 aromatic heterocycles. The molecule has 0 spiro atoms. The molecule has 1 amide bonds. The predicted molar refractivity (Wildman–Crippen MR) is 163 cm³/mol. The summed E-state index contributed by atoms with van der Waals surface area (Å²) in [6.07, 6.45) is 0.972. The van der Waals surface area contributed by atoms with Crippen LogP contribution in [0.5, 0.6) is 0 Å². The Labute approximate surface area is 243 Å². The Morgan fingerprint density at radius 3 is 1.71 bits per heavy atom. The number of hydrogen-bond donors (Lipinski definition) is 1. The Bertz CT molecular complexity index is 1460. The van der Waals surface area contributed by atoms with Gasteiger partial charge >= 0.3 is 0 Å². The first-order valence-electron chi connectivity index (χ1n) is 14.2. The highest BCUT2D eigenvalue weighted by Gasteiger charge is 2.28. The fraction of sp³-hybridized carbons (Fsp3) is 0.265. The highest BCUT2D eigenvalue weighted by Crippen LogP contribution is 2.29. The van der Waals surface area contributed by atoms with Crippen LogP contribution in [0, 0.1) is 0 Å². The van der Waals surface area contributed by atoms with Gasteiger partial charge in [-0.25, -0.2) is 13.1 Å². The number of nitrogens with one attached hydrogen (secondary N) is 1. The average Bonchev–Trinajstić information content (AvgIpc) is 3.02. The van der Waals surface area contributed by atoms with Crippen molar-refractivity contribution in [2.45, 2.75) is 36.7 Å². The topological polar surface area (TPSA) is 69.7 Å². The fourth-order valence-corrected chi connectivity index (χ4v) is 6.70. The maximum Gasteiger partial charge on any atom is 0.241 e. The molecule has 1 heterocycles. The van der Waals surface area contributed by atoms with Gasteiger partial charge in [0.05, 0.1) is 10.9 Å². The second kappa shape index (κ2) is 13.3. The van der Waals surface area contributed by atoms with Gasteiger partial charge in [-0.2, -0.15) is 0 Å². The molecule has 1 N–H and O–H groups in total. The lowest BCUT2D eigenvalue weighted by atomic mass is 9.96. The molecule has 1 fully saturated rings. The van der Waals surface area contributed by atoms with Crippen molar-refractivity contribution in [1.82, 2.24) is 14.5 Å². The lowest BCUT2D eigenvalue weighted by Gasteiger charge is -2.40. The van der Waals surface area contributed by atoms with Crippen LogP contribution in [0.25, 0.3) is 0 Å². The lowest BCUT2D eigenvalue weighted by molar-refractivity contribution is -0.133. The molecule has 0 unspecified atom stereocenters. The molecule has 0 radical (unpaired) electrons. The quantitative estimate of drug-likeness (QED) is 0.271. The number of rotatable bonds is 10. The monoisotopic (exact) mass is 567 g/mol. The standard InChI is InChI=1S/C34H37N3O3S/c1-27(29-11-5-2-6-12-29)35-41(39,40)32-20-17-28(18-21-32)19-22-33(38)36-23-25-37(26-24-36)34(30-13-7-3-8-14-30)31-15-9-4-10-16-31/h2-18,20-21,27,34-35H,19,22-26H2,1H3/t27-/m0/s1. The number of amides is 1. The molecule has 1 aliphatic heterocycles. The molecule has 4 aromatic carbocycles. The summed E-state index contributed by atoms with van der Waals surface area (Å²) >= 11 is 0. The number of aryl methyl sites for hydroxylation is 1. The molecule has 4 aromatic rings. The zero-order valence-corrected chi connectivity index (χ0v) is 24.2. The minimum absolute atomic E-state index is 0.135. The predicted octanol–water partition coefficient (Wildman–Crippen LogP) is 5.59. The first-order chi connectivity index (χ1) is 19.9. The van der Waals surface area contributed by atoms with E-state index in [0.717, 1.165) is 24.2 Å². The van der Waals surface area contributed by atoms with Crippen LogP contribution in [0.2, 0.25) is 0 Å². The molecule has 1 atom stereocenters. The summed E-state index contributed by atoms with van der Waals surface area (Å²) in [4.78, 5) is 17.7. The van der Waals surface area contributed by atoms with E-state index >= 15 is 0 Å². The van der Waals surface area contributed by atoms with Crippen molar-refractivity contribution in [3.05, 3.63) is 138 Å². The van der Waals surface area contributed by atoms with Crippen LogP contribution in [-0.2, 0) is 21.2 Å². The first-order valence-corrected chi connectivity index (χ1v) is 15.7. The van der Waals surface area contributed by atoms with Gasteiger partial charge < -0.3 is 4.90 Å². The summed E-state index contributed by atoms with van der Waals surface area (Å²) in [6, 6.07) is 37.2. The first kappa shape index (κ1) is 28.7. The zero-order chi connectivity index (χ0) is 28.7. The number of hydrogen-bond acceptors (Lipinski definition) is 4. The van der Waals surface area contributed by atoms with Crippen LogP contribution in [0.4, 0.5) is 0 Å². The van der Waals surface area contributed by atoms with Gasteiger partial charge in [-0.1, -0.05) is 103 Å². The van der Waals surface area contributed by atoms with Crippen LogP contribution in [0.1, 0.15) is 47.7 Å². The Morgan fingerprint density at radius 1 is 0.707 bits per heavy atom. The van der Waals surface area contributed by atoms with E-state index in [0.29, 0.717) is 25.9 Å². The fourth-order valence-electron chi connectivity index (χ4n) is 5.47. The Morgan fingerprint density at radius 2 is 1.20 bits per heavy atom. The van der Waals surface area contributed by atoms with Crippen LogP contribution in [0.3, 0.4) is 0 Å². The van der Waals surface area contributed by atoms with Gasteiger partial charge in [0.1, 0.15) is 0 Å². The minimum Gasteiger partial charge on any atom is -0.340 e. The SMILES string of the molecule is C[C@H](NS(=O)(=O)c1ccc(CCC(=O)N2CCN(C(c3ccccc3)c3ccccc3)CC2)cc1)c1ccccc1. The van der Waals surface area contributed by atoms with Gasteiger partial charge in [-0.15, -0.1) is 0 Å². The largest absolute Gasteiger partial charge is 0.340 e. The number of piperazine rings is 1. The Balaban J connectivity index is 1.14. The molecule has 6 nitrogen and oxygen atoms in total. The maximum atomic E-state index is 13.1. The third-order valence-corrected chi connectivity index (χ3v) is 9.31. The molecule has 0 bridgehead atoms. The molecule has 1 saturated heterocycles. The van der Waals surface area contributed by atoms with Crippen molar-refractivity contribution in [3.8, 4) is 0 Å². The normalized spacial score (nSPS) is 15.1.